The molecule has 84 valence electrons. The van der Waals surface area contributed by atoms with E-state index in [1.54, 1.807) is 0 Å². The molecular weight excluding hydrogens is 200 g/mol. The monoisotopic (exact) mass is 222 g/mol. The normalized spacial score (nSPS) is 45.8. The molecule has 0 bridgehead atoms. The first-order valence-corrected chi connectivity index (χ1v) is 8.11. The summed E-state index contributed by atoms with van der Waals surface area (Å²) < 4.78 is 6.21. The summed E-state index contributed by atoms with van der Waals surface area (Å²) in [6.45, 7) is 18.3. The Labute approximate surface area is 94.7 Å². The van der Waals surface area contributed by atoms with E-state index in [1.807, 2.05) is 11.8 Å². The highest BCUT2D eigenvalue weighted by atomic mass is 28.4. The maximum absolute atomic E-state index is 6.21. The Bertz CT molecular complexity index is 239. The largest absolute Gasteiger partial charge is 0.405 e. The van der Waals surface area contributed by atoms with E-state index < -0.39 is 8.32 Å². The third kappa shape index (κ3) is 2.50. The predicted octanol–water partition coefficient (Wildman–Crippen LogP) is 3.84. The smallest absolute Gasteiger partial charge is 0.215 e. The standard InChI is InChI=1S/C13H22OSi/c1-7-12(4)10-13(5,8-2)14-15(6,9-3)11-12/h7-9H,1-3,10-11H2,4-6H3. The molecule has 1 aliphatic rings. The number of allylic oxidation sites excluding steroid dienone is 1. The fourth-order valence-electron chi connectivity index (χ4n) is 2.64. The third-order valence-electron chi connectivity index (χ3n) is 3.33. The van der Waals surface area contributed by atoms with Crippen LogP contribution in [0.1, 0.15) is 20.3 Å². The highest BCUT2D eigenvalue weighted by molar-refractivity contribution is 6.77. The van der Waals surface area contributed by atoms with Crippen LogP contribution in [0.25, 0.3) is 0 Å². The lowest BCUT2D eigenvalue weighted by Crippen LogP contribution is -2.52. The van der Waals surface area contributed by atoms with Crippen LogP contribution in [-0.2, 0) is 4.43 Å². The summed E-state index contributed by atoms with van der Waals surface area (Å²) in [5, 5.41) is 0. The van der Waals surface area contributed by atoms with Gasteiger partial charge in [0.25, 0.3) is 0 Å². The SMILES string of the molecule is C=CC1(C)CC(C)(C=C)O[Si](C)(C=C)C1. The van der Waals surface area contributed by atoms with Crippen LogP contribution in [0.2, 0.25) is 12.6 Å². The molecule has 1 saturated heterocycles. The van der Waals surface area contributed by atoms with E-state index in [4.69, 9.17) is 4.43 Å². The lowest BCUT2D eigenvalue weighted by Gasteiger charge is -2.49. The van der Waals surface area contributed by atoms with Crippen molar-refractivity contribution in [3.63, 3.8) is 0 Å². The molecule has 0 spiro atoms. The number of hydrogen-bond acceptors (Lipinski definition) is 1. The molecular formula is C13H22OSi. The second kappa shape index (κ2) is 3.76. The van der Waals surface area contributed by atoms with Crippen LogP contribution >= 0.6 is 0 Å². The van der Waals surface area contributed by atoms with E-state index in [-0.39, 0.29) is 11.0 Å². The van der Waals surface area contributed by atoms with Gasteiger partial charge >= 0.3 is 0 Å². The van der Waals surface area contributed by atoms with Crippen molar-refractivity contribution in [3.05, 3.63) is 37.6 Å². The van der Waals surface area contributed by atoms with Crippen molar-refractivity contribution < 1.29 is 4.43 Å². The summed E-state index contributed by atoms with van der Waals surface area (Å²) in [5.41, 5.74) is 1.95. The van der Waals surface area contributed by atoms with Crippen molar-refractivity contribution in [3.8, 4) is 0 Å². The van der Waals surface area contributed by atoms with Crippen LogP contribution in [0.15, 0.2) is 37.6 Å². The van der Waals surface area contributed by atoms with Gasteiger partial charge in [-0.1, -0.05) is 24.8 Å². The first kappa shape index (κ1) is 12.5. The van der Waals surface area contributed by atoms with Gasteiger partial charge in [0.2, 0.25) is 8.32 Å². The topological polar surface area (TPSA) is 9.23 Å². The van der Waals surface area contributed by atoms with Crippen LogP contribution < -0.4 is 0 Å². The number of hydrogen-bond donors (Lipinski definition) is 0. The van der Waals surface area contributed by atoms with Crippen molar-refractivity contribution >= 4 is 8.32 Å². The summed E-state index contributed by atoms with van der Waals surface area (Å²) in [4.78, 5) is 0. The lowest BCUT2D eigenvalue weighted by molar-refractivity contribution is 0.0619. The van der Waals surface area contributed by atoms with E-state index in [0.717, 1.165) is 12.5 Å². The molecule has 0 amide bonds. The average molecular weight is 222 g/mol. The van der Waals surface area contributed by atoms with E-state index in [9.17, 15) is 0 Å². The minimum atomic E-state index is -1.80. The third-order valence-corrected chi connectivity index (χ3v) is 6.64. The van der Waals surface area contributed by atoms with Crippen molar-refractivity contribution in [2.45, 2.75) is 38.5 Å². The predicted molar refractivity (Wildman–Crippen MR) is 69.2 cm³/mol. The molecule has 0 saturated carbocycles. The van der Waals surface area contributed by atoms with Crippen molar-refractivity contribution in [2.75, 3.05) is 0 Å². The Balaban J connectivity index is 3.07. The zero-order valence-electron chi connectivity index (χ0n) is 10.2. The van der Waals surface area contributed by atoms with E-state index >= 15 is 0 Å². The van der Waals surface area contributed by atoms with Gasteiger partial charge in [0.1, 0.15) is 0 Å². The fourth-order valence-corrected chi connectivity index (χ4v) is 6.04. The Morgan fingerprint density at radius 1 is 1.20 bits per heavy atom. The molecule has 0 aromatic heterocycles. The van der Waals surface area contributed by atoms with Gasteiger partial charge in [0, 0.05) is 0 Å². The quantitative estimate of drug-likeness (QED) is 0.521. The molecule has 3 atom stereocenters. The van der Waals surface area contributed by atoms with Crippen LogP contribution in [0.3, 0.4) is 0 Å². The summed E-state index contributed by atoms with van der Waals surface area (Å²) in [6.07, 6.45) is 4.94. The van der Waals surface area contributed by atoms with E-state index in [0.29, 0.717) is 0 Å². The van der Waals surface area contributed by atoms with Gasteiger partial charge in [-0.05, 0) is 31.4 Å². The second-order valence-corrected chi connectivity index (χ2v) is 8.94. The molecule has 3 unspecified atom stereocenters. The van der Waals surface area contributed by atoms with E-state index in [1.165, 1.54) is 0 Å². The first-order valence-electron chi connectivity index (χ1n) is 5.41. The van der Waals surface area contributed by atoms with Crippen molar-refractivity contribution in [1.29, 1.82) is 0 Å². The van der Waals surface area contributed by atoms with Gasteiger partial charge in [0.05, 0.1) is 5.60 Å². The van der Waals surface area contributed by atoms with Gasteiger partial charge in [-0.2, -0.15) is 0 Å². The number of rotatable bonds is 3. The van der Waals surface area contributed by atoms with Crippen molar-refractivity contribution in [1.82, 2.24) is 0 Å². The Morgan fingerprint density at radius 2 is 1.80 bits per heavy atom. The molecule has 0 N–H and O–H groups in total. The summed E-state index contributed by atoms with van der Waals surface area (Å²) in [6, 6.07) is 1.07. The molecule has 1 rings (SSSR count). The average Bonchev–Trinajstić information content (AvgIpc) is 2.16. The van der Waals surface area contributed by atoms with Gasteiger partial charge in [-0.15, -0.1) is 19.7 Å². The molecule has 0 aromatic carbocycles. The molecule has 1 aliphatic heterocycles. The Hall–Kier alpha value is -0.603. The van der Waals surface area contributed by atoms with Crippen LogP contribution in [0.4, 0.5) is 0 Å². The first-order chi connectivity index (χ1) is 6.80. The molecule has 1 nitrogen and oxygen atoms in total. The maximum atomic E-state index is 6.21. The van der Waals surface area contributed by atoms with E-state index in [2.05, 4.69) is 46.2 Å². The summed E-state index contributed by atoms with van der Waals surface area (Å²) in [5.74, 6) is 0. The highest BCUT2D eigenvalue weighted by Gasteiger charge is 2.47. The molecule has 15 heavy (non-hydrogen) atoms. The summed E-state index contributed by atoms with van der Waals surface area (Å²) in [7, 11) is -1.80. The Kier molecular flexibility index (Phi) is 3.13. The second-order valence-electron chi connectivity index (χ2n) is 5.35. The minimum absolute atomic E-state index is 0.149. The summed E-state index contributed by atoms with van der Waals surface area (Å²) >= 11 is 0. The molecule has 2 heteroatoms. The zero-order valence-corrected chi connectivity index (χ0v) is 11.2. The van der Waals surface area contributed by atoms with Crippen molar-refractivity contribution in [2.24, 2.45) is 5.41 Å². The Morgan fingerprint density at radius 3 is 2.20 bits per heavy atom. The van der Waals surface area contributed by atoms with Gasteiger partial charge in [-0.25, -0.2) is 0 Å². The van der Waals surface area contributed by atoms with Gasteiger partial charge in [0.15, 0.2) is 0 Å². The molecule has 0 aromatic rings. The molecule has 1 fully saturated rings. The van der Waals surface area contributed by atoms with Gasteiger partial charge < -0.3 is 4.43 Å². The maximum Gasteiger partial charge on any atom is 0.215 e. The minimum Gasteiger partial charge on any atom is -0.405 e. The molecule has 0 aliphatic carbocycles. The zero-order chi connectivity index (χ0) is 11.7. The lowest BCUT2D eigenvalue weighted by atomic mass is 9.81. The molecule has 1 heterocycles. The van der Waals surface area contributed by atoms with Crippen LogP contribution in [0.5, 0.6) is 0 Å². The molecule has 0 radical (unpaired) electrons. The van der Waals surface area contributed by atoms with Gasteiger partial charge in [-0.3, -0.25) is 0 Å². The van der Waals surface area contributed by atoms with Crippen LogP contribution in [-0.4, -0.2) is 13.9 Å². The van der Waals surface area contributed by atoms with Crippen LogP contribution in [0, 0.1) is 5.41 Å². The highest BCUT2D eigenvalue weighted by Crippen LogP contribution is 2.46. The fraction of sp³-hybridized carbons (Fsp3) is 0.538.